The fourth-order valence-corrected chi connectivity index (χ4v) is 2.29. The molecule has 1 aromatic carbocycles. The molecule has 0 aliphatic carbocycles. The topological polar surface area (TPSA) is 141 Å². The molecule has 0 atom stereocenters. The van der Waals surface area contributed by atoms with Crippen LogP contribution in [0.2, 0.25) is 0 Å². The van der Waals surface area contributed by atoms with Gasteiger partial charge in [0.1, 0.15) is 4.90 Å². The van der Waals surface area contributed by atoms with Gasteiger partial charge in [0.15, 0.2) is 0 Å². The smallest absolute Gasteiger partial charge is 1.00 e. The summed E-state index contributed by atoms with van der Waals surface area (Å²) in [5, 5.41) is 0. The van der Waals surface area contributed by atoms with E-state index < -0.39 is 23.8 Å². The first kappa shape index (κ1) is 22.5. The van der Waals surface area contributed by atoms with Gasteiger partial charge in [-0.3, -0.25) is 4.79 Å². The van der Waals surface area contributed by atoms with Crippen LogP contribution in [0.3, 0.4) is 0 Å². The van der Waals surface area contributed by atoms with E-state index in [9.17, 15) is 13.2 Å². The molecule has 0 aromatic heterocycles. The van der Waals surface area contributed by atoms with Crippen LogP contribution in [0.25, 0.3) is 0 Å². The summed E-state index contributed by atoms with van der Waals surface area (Å²) in [7, 11) is -8.19. The maximum atomic E-state index is 11.1. The summed E-state index contributed by atoms with van der Waals surface area (Å²) in [5.41, 5.74) is 0.220. The second kappa shape index (κ2) is 8.65. The van der Waals surface area contributed by atoms with E-state index in [1.165, 1.54) is 12.1 Å². The van der Waals surface area contributed by atoms with Crippen LogP contribution in [0.1, 0.15) is 16.1 Å². The fraction of sp³-hybridized carbons (Fsp3) is 0. The molecule has 1 aromatic rings. The Morgan fingerprint density at radius 3 is 1.95 bits per heavy atom. The maximum Gasteiger partial charge on any atom is 2.00 e. The Morgan fingerprint density at radius 2 is 1.53 bits per heavy atom. The molecule has 19 heavy (non-hydrogen) atoms. The molecule has 0 spiro atoms. The standard InChI is InChI=1S/C7H5NO3S.2Ca.H3O4P.4H/c9-7-5-3-1-2-4-6(5)12(10,11)8-7;;;1-5(2,3)4;;;;/h1-4H,(H,8,9);;;(H3,1,2,3,4);;;;/q;2*+2;;4*-1. The van der Waals surface area contributed by atoms with Crippen LogP contribution >= 0.6 is 7.82 Å². The number of hydrogen-bond acceptors (Lipinski definition) is 4. The normalized spacial score (nSPS) is 14.8. The van der Waals surface area contributed by atoms with Gasteiger partial charge in [0.25, 0.3) is 15.9 Å². The maximum absolute atomic E-state index is 11.1. The van der Waals surface area contributed by atoms with Gasteiger partial charge >= 0.3 is 83.3 Å². The van der Waals surface area contributed by atoms with Gasteiger partial charge in [0.2, 0.25) is 0 Å². The van der Waals surface area contributed by atoms with E-state index in [1.54, 1.807) is 12.1 Å². The first-order valence-corrected chi connectivity index (χ1v) is 7.10. The number of nitrogens with one attached hydrogen (secondary N) is 1. The minimum absolute atomic E-state index is 0. The Kier molecular flexibility index (Phi) is 10.3. The molecule has 0 saturated carbocycles. The summed E-state index contributed by atoms with van der Waals surface area (Å²) in [6.07, 6.45) is 0. The summed E-state index contributed by atoms with van der Waals surface area (Å²) >= 11 is 0. The van der Waals surface area contributed by atoms with Crippen molar-refractivity contribution in [1.82, 2.24) is 4.72 Å². The van der Waals surface area contributed by atoms with Crippen molar-refractivity contribution in [2.75, 3.05) is 0 Å². The number of benzene rings is 1. The summed E-state index contributed by atoms with van der Waals surface area (Å²) < 4.78 is 33.0. The molecule has 0 unspecified atom stereocenters. The van der Waals surface area contributed by atoms with E-state index >= 15 is 0 Å². The van der Waals surface area contributed by atoms with Crippen LogP contribution in [0.15, 0.2) is 29.2 Å². The number of amides is 1. The van der Waals surface area contributed by atoms with Gasteiger partial charge in [-0.05, 0) is 12.1 Å². The van der Waals surface area contributed by atoms with Crippen LogP contribution in [-0.4, -0.2) is 104 Å². The number of carbonyl (C=O) groups excluding carboxylic acids is 1. The number of phosphoric acid groups is 1. The number of sulfonamides is 1. The molecule has 1 heterocycles. The van der Waals surface area contributed by atoms with Gasteiger partial charge in [-0.1, -0.05) is 12.1 Å². The number of hydrogen-bond donors (Lipinski definition) is 4. The number of fused-ring (bicyclic) bond motifs is 1. The quantitative estimate of drug-likeness (QED) is 0.337. The van der Waals surface area contributed by atoms with E-state index in [4.69, 9.17) is 19.2 Å². The van der Waals surface area contributed by atoms with E-state index in [0.717, 1.165) is 0 Å². The molecule has 2 rings (SSSR count). The summed E-state index contributed by atoms with van der Waals surface area (Å²) in [4.78, 5) is 32.6. The third-order valence-corrected chi connectivity index (χ3v) is 3.04. The molecule has 0 fully saturated rings. The van der Waals surface area contributed by atoms with Crippen molar-refractivity contribution >= 4 is 99.2 Å². The zero-order valence-electron chi connectivity index (χ0n) is 13.6. The molecule has 1 aliphatic heterocycles. The van der Waals surface area contributed by atoms with Gasteiger partial charge in [0, 0.05) is 0 Å². The molecule has 1 amide bonds. The van der Waals surface area contributed by atoms with E-state index in [1.807, 2.05) is 4.72 Å². The zero-order chi connectivity index (χ0) is 13.3. The van der Waals surface area contributed by atoms with Crippen molar-refractivity contribution in [3.8, 4) is 0 Å². The van der Waals surface area contributed by atoms with Crippen molar-refractivity contribution in [2.45, 2.75) is 4.90 Å². The van der Waals surface area contributed by atoms with E-state index in [0.29, 0.717) is 0 Å². The van der Waals surface area contributed by atoms with Gasteiger partial charge in [-0.15, -0.1) is 0 Å². The van der Waals surface area contributed by atoms with Gasteiger partial charge in [0.05, 0.1) is 5.56 Å². The Hall–Kier alpha value is 1.27. The van der Waals surface area contributed by atoms with Gasteiger partial charge < -0.3 is 20.4 Å². The third-order valence-electron chi connectivity index (χ3n) is 1.65. The summed E-state index contributed by atoms with van der Waals surface area (Å²) in [5.74, 6) is -0.550. The summed E-state index contributed by atoms with van der Waals surface area (Å²) in [6, 6.07) is 6.09. The Morgan fingerprint density at radius 1 is 1.11 bits per heavy atom. The molecule has 1 aliphatic rings. The summed E-state index contributed by atoms with van der Waals surface area (Å²) in [6.45, 7) is 0. The molecular formula is C7H12Ca2NO7PS. The van der Waals surface area contributed by atoms with Crippen molar-refractivity contribution in [2.24, 2.45) is 0 Å². The molecule has 12 heteroatoms. The predicted octanol–water partition coefficient (Wildman–Crippen LogP) is -1.12. The average Bonchev–Trinajstić information content (AvgIpc) is 2.36. The van der Waals surface area contributed by atoms with Crippen molar-refractivity contribution in [3.05, 3.63) is 29.8 Å². The Bertz CT molecular complexity index is 606. The Balaban J connectivity index is -0.0000000597. The van der Waals surface area contributed by atoms with E-state index in [2.05, 4.69) is 0 Å². The van der Waals surface area contributed by atoms with Crippen LogP contribution in [-0.2, 0) is 14.6 Å². The molecule has 8 nitrogen and oxygen atoms in total. The zero-order valence-corrected chi connectivity index (χ0v) is 15.7. The molecule has 102 valence electrons. The SMILES string of the molecule is O=C1NS(=O)(=O)c2ccccc21.O=P(O)(O)O.[Ca+2].[Ca+2].[H-].[H-].[H-].[H-]. The first-order chi connectivity index (χ1) is 7.61. The van der Waals surface area contributed by atoms with Crippen molar-refractivity contribution < 1.29 is 38.2 Å². The van der Waals surface area contributed by atoms with Crippen LogP contribution in [0.4, 0.5) is 0 Å². The van der Waals surface area contributed by atoms with Crippen molar-refractivity contribution in [3.63, 3.8) is 0 Å². The second-order valence-corrected chi connectivity index (χ2v) is 5.62. The number of rotatable bonds is 0. The third kappa shape index (κ3) is 7.73. The second-order valence-electron chi connectivity index (χ2n) is 2.94. The van der Waals surface area contributed by atoms with Crippen LogP contribution in [0.5, 0.6) is 0 Å². The molecule has 4 N–H and O–H groups in total. The molecule has 0 bridgehead atoms. The van der Waals surface area contributed by atoms with Gasteiger partial charge in [-0.25, -0.2) is 17.7 Å². The average molecular weight is 365 g/mol. The minimum atomic E-state index is -4.64. The largest absolute Gasteiger partial charge is 2.00 e. The van der Waals surface area contributed by atoms with Crippen molar-refractivity contribution in [1.29, 1.82) is 0 Å². The monoisotopic (exact) mass is 365 g/mol. The predicted molar refractivity (Wildman–Crippen MR) is 71.3 cm³/mol. The van der Waals surface area contributed by atoms with Gasteiger partial charge in [-0.2, -0.15) is 0 Å². The molecular weight excluding hydrogens is 353 g/mol. The van der Waals surface area contributed by atoms with E-state index in [-0.39, 0.29) is 91.6 Å². The van der Waals surface area contributed by atoms with Crippen LogP contribution in [0, 0.1) is 0 Å². The number of carbonyl (C=O) groups is 1. The molecule has 0 radical (unpaired) electrons. The fourth-order valence-electron chi connectivity index (χ4n) is 1.12. The first-order valence-electron chi connectivity index (χ1n) is 4.06. The molecule has 0 saturated heterocycles. The minimum Gasteiger partial charge on any atom is -1.00 e. The van der Waals surface area contributed by atoms with Crippen LogP contribution < -0.4 is 4.72 Å². The Labute approximate surface area is 174 Å².